The van der Waals surface area contributed by atoms with Gasteiger partial charge in [0.2, 0.25) is 0 Å². The first kappa shape index (κ1) is 12.0. The lowest BCUT2D eigenvalue weighted by Crippen LogP contribution is -2.31. The van der Waals surface area contributed by atoms with Crippen molar-refractivity contribution in [3.8, 4) is 0 Å². The molecule has 1 aliphatic carbocycles. The molecule has 0 bridgehead atoms. The van der Waals surface area contributed by atoms with Gasteiger partial charge in [0.25, 0.3) is 0 Å². The minimum absolute atomic E-state index is 0.803. The minimum Gasteiger partial charge on any atom is -0.314 e. The number of nitrogens with one attached hydrogen (secondary N) is 1. The topological polar surface area (TPSA) is 12.0 Å². The number of rotatable bonds is 8. The third-order valence-corrected chi connectivity index (χ3v) is 3.58. The van der Waals surface area contributed by atoms with Gasteiger partial charge in [-0.15, -0.1) is 0 Å². The molecule has 0 radical (unpaired) electrons. The molecule has 0 heterocycles. The van der Waals surface area contributed by atoms with Crippen LogP contribution < -0.4 is 5.32 Å². The van der Waals surface area contributed by atoms with Gasteiger partial charge in [-0.1, -0.05) is 46.5 Å². The summed E-state index contributed by atoms with van der Waals surface area (Å²) in [5.74, 6) is 2.01. The Bertz CT molecular complexity index is 136. The summed E-state index contributed by atoms with van der Waals surface area (Å²) in [6.45, 7) is 8.02. The zero-order valence-corrected chi connectivity index (χ0v) is 10.2. The van der Waals surface area contributed by atoms with Crippen molar-refractivity contribution >= 4 is 0 Å². The molecular formula is C13H27N. The molecule has 0 amide bonds. The van der Waals surface area contributed by atoms with Crippen LogP contribution in [0.5, 0.6) is 0 Å². The molecule has 0 aromatic carbocycles. The average molecular weight is 197 g/mol. The van der Waals surface area contributed by atoms with Crippen molar-refractivity contribution < 1.29 is 0 Å². The molecule has 84 valence electrons. The molecule has 1 saturated carbocycles. The Morgan fingerprint density at radius 2 is 1.79 bits per heavy atom. The standard InChI is InChI=1S/C13H27N/c1-4-11(5-2)9-13(14-6-3)10-12-7-8-12/h11-14H,4-10H2,1-3H3. The summed E-state index contributed by atoms with van der Waals surface area (Å²) < 4.78 is 0. The van der Waals surface area contributed by atoms with Gasteiger partial charge in [-0.3, -0.25) is 0 Å². The molecule has 1 fully saturated rings. The highest BCUT2D eigenvalue weighted by Crippen LogP contribution is 2.35. The van der Waals surface area contributed by atoms with Crippen LogP contribution in [0.25, 0.3) is 0 Å². The predicted molar refractivity (Wildman–Crippen MR) is 63.5 cm³/mol. The van der Waals surface area contributed by atoms with E-state index in [4.69, 9.17) is 0 Å². The average Bonchev–Trinajstić information content (AvgIpc) is 2.98. The van der Waals surface area contributed by atoms with E-state index < -0.39 is 0 Å². The summed E-state index contributed by atoms with van der Waals surface area (Å²) >= 11 is 0. The largest absolute Gasteiger partial charge is 0.314 e. The third kappa shape index (κ3) is 4.45. The van der Waals surface area contributed by atoms with E-state index in [1.54, 1.807) is 0 Å². The maximum atomic E-state index is 3.65. The summed E-state index contributed by atoms with van der Waals surface area (Å²) in [4.78, 5) is 0. The molecule has 0 aromatic heterocycles. The first-order valence-corrected chi connectivity index (χ1v) is 6.53. The highest BCUT2D eigenvalue weighted by atomic mass is 14.9. The molecule has 1 rings (SSSR count). The summed E-state index contributed by atoms with van der Waals surface area (Å²) in [6.07, 6.45) is 8.52. The molecule has 1 N–H and O–H groups in total. The summed E-state index contributed by atoms with van der Waals surface area (Å²) in [6, 6.07) is 0.803. The Labute approximate surface area is 89.7 Å². The monoisotopic (exact) mass is 197 g/mol. The normalized spacial score (nSPS) is 18.9. The van der Waals surface area contributed by atoms with Crippen LogP contribution >= 0.6 is 0 Å². The molecule has 0 aliphatic heterocycles. The van der Waals surface area contributed by atoms with Gasteiger partial charge in [-0.05, 0) is 31.2 Å². The SMILES string of the molecule is CCNC(CC(CC)CC)CC1CC1. The van der Waals surface area contributed by atoms with Gasteiger partial charge in [0, 0.05) is 6.04 Å². The van der Waals surface area contributed by atoms with Gasteiger partial charge in [-0.25, -0.2) is 0 Å². The molecule has 1 unspecified atom stereocenters. The molecule has 1 atom stereocenters. The maximum Gasteiger partial charge on any atom is 0.00722 e. The van der Waals surface area contributed by atoms with E-state index in [-0.39, 0.29) is 0 Å². The predicted octanol–water partition coefficient (Wildman–Crippen LogP) is 3.59. The van der Waals surface area contributed by atoms with Gasteiger partial charge in [0.15, 0.2) is 0 Å². The lowest BCUT2D eigenvalue weighted by Gasteiger charge is -2.22. The van der Waals surface area contributed by atoms with Gasteiger partial charge in [0.1, 0.15) is 0 Å². The van der Waals surface area contributed by atoms with Crippen LogP contribution in [-0.2, 0) is 0 Å². The highest BCUT2D eigenvalue weighted by Gasteiger charge is 2.25. The van der Waals surface area contributed by atoms with Gasteiger partial charge in [0.05, 0.1) is 0 Å². The third-order valence-electron chi connectivity index (χ3n) is 3.58. The fourth-order valence-corrected chi connectivity index (χ4v) is 2.33. The molecule has 1 nitrogen and oxygen atoms in total. The van der Waals surface area contributed by atoms with Crippen LogP contribution in [-0.4, -0.2) is 12.6 Å². The van der Waals surface area contributed by atoms with Gasteiger partial charge >= 0.3 is 0 Å². The van der Waals surface area contributed by atoms with E-state index in [1.165, 1.54) is 38.5 Å². The van der Waals surface area contributed by atoms with Crippen molar-refractivity contribution in [1.29, 1.82) is 0 Å². The van der Waals surface area contributed by atoms with Crippen molar-refractivity contribution in [3.05, 3.63) is 0 Å². The summed E-state index contributed by atoms with van der Waals surface area (Å²) in [5, 5.41) is 3.65. The fourth-order valence-electron chi connectivity index (χ4n) is 2.33. The van der Waals surface area contributed by atoms with E-state index in [0.717, 1.165) is 24.4 Å². The van der Waals surface area contributed by atoms with Crippen LogP contribution in [0.1, 0.15) is 59.3 Å². The first-order chi connectivity index (χ1) is 6.80. The molecule has 14 heavy (non-hydrogen) atoms. The van der Waals surface area contributed by atoms with Crippen LogP contribution in [0.15, 0.2) is 0 Å². The van der Waals surface area contributed by atoms with Crippen LogP contribution in [0.2, 0.25) is 0 Å². The second-order valence-electron chi connectivity index (χ2n) is 4.85. The highest BCUT2D eigenvalue weighted by molar-refractivity contribution is 4.81. The fraction of sp³-hybridized carbons (Fsp3) is 1.00. The Kier molecular flexibility index (Phi) is 5.54. The Morgan fingerprint density at radius 3 is 2.21 bits per heavy atom. The van der Waals surface area contributed by atoms with Gasteiger partial charge < -0.3 is 5.32 Å². The van der Waals surface area contributed by atoms with Crippen LogP contribution in [0.4, 0.5) is 0 Å². The first-order valence-electron chi connectivity index (χ1n) is 6.53. The van der Waals surface area contributed by atoms with Crippen molar-refractivity contribution in [2.45, 2.75) is 65.3 Å². The lowest BCUT2D eigenvalue weighted by atomic mass is 9.92. The summed E-state index contributed by atoms with van der Waals surface area (Å²) in [7, 11) is 0. The molecule has 0 saturated heterocycles. The Hall–Kier alpha value is -0.0400. The number of hydrogen-bond donors (Lipinski definition) is 1. The summed E-state index contributed by atoms with van der Waals surface area (Å²) in [5.41, 5.74) is 0. The number of hydrogen-bond acceptors (Lipinski definition) is 1. The molecule has 0 spiro atoms. The molecule has 1 aliphatic rings. The van der Waals surface area contributed by atoms with Crippen molar-refractivity contribution in [2.24, 2.45) is 11.8 Å². The molecular weight excluding hydrogens is 170 g/mol. The maximum absolute atomic E-state index is 3.65. The van der Waals surface area contributed by atoms with Crippen LogP contribution in [0.3, 0.4) is 0 Å². The van der Waals surface area contributed by atoms with E-state index in [2.05, 4.69) is 26.1 Å². The van der Waals surface area contributed by atoms with Crippen molar-refractivity contribution in [3.63, 3.8) is 0 Å². The van der Waals surface area contributed by atoms with E-state index in [0.29, 0.717) is 0 Å². The second kappa shape index (κ2) is 6.44. The quantitative estimate of drug-likeness (QED) is 0.627. The molecule has 0 aromatic rings. The zero-order valence-electron chi connectivity index (χ0n) is 10.2. The lowest BCUT2D eigenvalue weighted by molar-refractivity contribution is 0.346. The van der Waals surface area contributed by atoms with Crippen LogP contribution in [0, 0.1) is 11.8 Å². The zero-order chi connectivity index (χ0) is 10.4. The van der Waals surface area contributed by atoms with E-state index >= 15 is 0 Å². The van der Waals surface area contributed by atoms with E-state index in [1.807, 2.05) is 0 Å². The minimum atomic E-state index is 0.803. The van der Waals surface area contributed by atoms with E-state index in [9.17, 15) is 0 Å². The molecule has 1 heteroatoms. The van der Waals surface area contributed by atoms with Gasteiger partial charge in [-0.2, -0.15) is 0 Å². The Balaban J connectivity index is 2.24. The second-order valence-corrected chi connectivity index (χ2v) is 4.85. The smallest absolute Gasteiger partial charge is 0.00722 e. The Morgan fingerprint density at radius 1 is 1.14 bits per heavy atom. The van der Waals surface area contributed by atoms with Crippen molar-refractivity contribution in [1.82, 2.24) is 5.32 Å². The van der Waals surface area contributed by atoms with Crippen molar-refractivity contribution in [2.75, 3.05) is 6.54 Å².